The molecule has 5 heteroatoms. The number of carboxylic acids is 1. The van der Waals surface area contributed by atoms with Crippen molar-refractivity contribution < 1.29 is 19.0 Å². The fraction of sp³-hybridized carbons (Fsp3) is 0.0952. The molecule has 26 heavy (non-hydrogen) atoms. The lowest BCUT2D eigenvalue weighted by Gasteiger charge is -2.12. The number of aromatic carboxylic acids is 1. The molecule has 0 aliphatic rings. The Balaban J connectivity index is 1.68. The Morgan fingerprint density at radius 2 is 1.81 bits per heavy atom. The van der Waals surface area contributed by atoms with Gasteiger partial charge < -0.3 is 15.2 Å². The molecule has 2 N–H and O–H groups in total. The van der Waals surface area contributed by atoms with Gasteiger partial charge in [0.25, 0.3) is 0 Å². The number of nitrogens with one attached hydrogen (secondary N) is 1. The van der Waals surface area contributed by atoms with E-state index in [2.05, 4.69) is 5.32 Å². The molecule has 0 aliphatic carbocycles. The van der Waals surface area contributed by atoms with Gasteiger partial charge in [0.2, 0.25) is 0 Å². The molecule has 4 nitrogen and oxygen atoms in total. The minimum atomic E-state index is -1.12. The standard InChI is InChI=1S/C21H18FNO3/c22-16-9-10-19(21(24)25)20(13-16)23-17-7-4-8-18(14-17)26-12-11-15-5-2-1-3-6-15/h1-10,13-14,23H,11-12H2,(H,24,25). The molecule has 0 spiro atoms. The highest BCUT2D eigenvalue weighted by Crippen LogP contribution is 2.25. The normalized spacial score (nSPS) is 10.3. The molecule has 0 atom stereocenters. The third-order valence-electron chi connectivity index (χ3n) is 3.83. The number of benzene rings is 3. The first kappa shape index (κ1) is 17.5. The van der Waals surface area contributed by atoms with Crippen molar-refractivity contribution in [2.75, 3.05) is 11.9 Å². The summed E-state index contributed by atoms with van der Waals surface area (Å²) in [4.78, 5) is 11.3. The Kier molecular flexibility index (Phi) is 5.49. The molecule has 0 fully saturated rings. The van der Waals surface area contributed by atoms with Gasteiger partial charge in [-0.1, -0.05) is 36.4 Å². The topological polar surface area (TPSA) is 58.6 Å². The Morgan fingerprint density at radius 1 is 1.00 bits per heavy atom. The van der Waals surface area contributed by atoms with Gasteiger partial charge >= 0.3 is 5.97 Å². The summed E-state index contributed by atoms with van der Waals surface area (Å²) < 4.78 is 19.2. The first-order valence-corrected chi connectivity index (χ1v) is 8.18. The second kappa shape index (κ2) is 8.16. The number of hydrogen-bond donors (Lipinski definition) is 2. The largest absolute Gasteiger partial charge is 0.493 e. The summed E-state index contributed by atoms with van der Waals surface area (Å²) in [5, 5.41) is 12.2. The summed E-state index contributed by atoms with van der Waals surface area (Å²) in [5.41, 5.74) is 2.00. The van der Waals surface area contributed by atoms with Crippen molar-refractivity contribution in [3.63, 3.8) is 0 Å². The molecule has 3 aromatic carbocycles. The SMILES string of the molecule is O=C(O)c1ccc(F)cc1Nc1cccc(OCCc2ccccc2)c1. The zero-order chi connectivity index (χ0) is 18.4. The number of hydrogen-bond acceptors (Lipinski definition) is 3. The minimum Gasteiger partial charge on any atom is -0.493 e. The zero-order valence-corrected chi connectivity index (χ0v) is 14.0. The van der Waals surface area contributed by atoms with Crippen LogP contribution in [0, 0.1) is 5.82 Å². The Hall–Kier alpha value is -3.34. The fourth-order valence-electron chi connectivity index (χ4n) is 2.56. The van der Waals surface area contributed by atoms with E-state index < -0.39 is 11.8 Å². The summed E-state index contributed by atoms with van der Waals surface area (Å²) >= 11 is 0. The summed E-state index contributed by atoms with van der Waals surface area (Å²) in [7, 11) is 0. The van der Waals surface area contributed by atoms with Crippen molar-refractivity contribution in [3.8, 4) is 5.75 Å². The van der Waals surface area contributed by atoms with Crippen LogP contribution >= 0.6 is 0 Å². The van der Waals surface area contributed by atoms with Gasteiger partial charge in [-0.05, 0) is 35.9 Å². The van der Waals surface area contributed by atoms with Crippen molar-refractivity contribution in [1.82, 2.24) is 0 Å². The minimum absolute atomic E-state index is 0.00167. The van der Waals surface area contributed by atoms with Crippen molar-refractivity contribution in [1.29, 1.82) is 0 Å². The van der Waals surface area contributed by atoms with Crippen LogP contribution in [0.5, 0.6) is 5.75 Å². The molecule has 0 unspecified atom stereocenters. The Labute approximate surface area is 150 Å². The van der Waals surface area contributed by atoms with Crippen LogP contribution in [0.25, 0.3) is 0 Å². The summed E-state index contributed by atoms with van der Waals surface area (Å²) in [5.74, 6) is -0.977. The van der Waals surface area contributed by atoms with Gasteiger partial charge in [0.1, 0.15) is 11.6 Å². The molecule has 0 heterocycles. The zero-order valence-electron chi connectivity index (χ0n) is 14.0. The van der Waals surface area contributed by atoms with Gasteiger partial charge in [-0.3, -0.25) is 0 Å². The predicted molar refractivity (Wildman–Crippen MR) is 98.7 cm³/mol. The van der Waals surface area contributed by atoms with Crippen molar-refractivity contribution in [2.45, 2.75) is 6.42 Å². The van der Waals surface area contributed by atoms with Gasteiger partial charge in [-0.15, -0.1) is 0 Å². The third kappa shape index (κ3) is 4.60. The van der Waals surface area contributed by atoms with Gasteiger partial charge in [-0.25, -0.2) is 9.18 Å². The fourth-order valence-corrected chi connectivity index (χ4v) is 2.56. The number of rotatable bonds is 7. The van der Waals surface area contributed by atoms with E-state index in [9.17, 15) is 14.3 Å². The van der Waals surface area contributed by atoms with Gasteiger partial charge in [0.05, 0.1) is 17.9 Å². The number of carboxylic acid groups (broad SMARTS) is 1. The number of anilines is 2. The van der Waals surface area contributed by atoms with Crippen LogP contribution in [-0.2, 0) is 6.42 Å². The average molecular weight is 351 g/mol. The molecule has 0 saturated carbocycles. The summed E-state index contributed by atoms with van der Waals surface area (Å²) in [6.07, 6.45) is 0.783. The second-order valence-electron chi connectivity index (χ2n) is 5.73. The third-order valence-corrected chi connectivity index (χ3v) is 3.83. The lowest BCUT2D eigenvalue weighted by Crippen LogP contribution is -2.04. The molecule has 0 radical (unpaired) electrons. The van der Waals surface area contributed by atoms with Gasteiger partial charge in [0, 0.05) is 18.2 Å². The first-order valence-electron chi connectivity index (χ1n) is 8.18. The maximum absolute atomic E-state index is 13.5. The van der Waals surface area contributed by atoms with E-state index in [0.717, 1.165) is 18.6 Å². The molecule has 0 amide bonds. The molecule has 0 bridgehead atoms. The maximum Gasteiger partial charge on any atom is 0.337 e. The summed E-state index contributed by atoms with van der Waals surface area (Å²) in [6.45, 7) is 0.522. The van der Waals surface area contributed by atoms with Gasteiger partial charge in [0.15, 0.2) is 0 Å². The van der Waals surface area contributed by atoms with E-state index in [1.54, 1.807) is 18.2 Å². The van der Waals surface area contributed by atoms with Crippen LogP contribution < -0.4 is 10.1 Å². The molecular weight excluding hydrogens is 333 g/mol. The monoisotopic (exact) mass is 351 g/mol. The van der Waals surface area contributed by atoms with E-state index >= 15 is 0 Å². The smallest absolute Gasteiger partial charge is 0.337 e. The van der Waals surface area contributed by atoms with E-state index in [1.807, 2.05) is 36.4 Å². The van der Waals surface area contributed by atoms with Crippen LogP contribution in [0.3, 0.4) is 0 Å². The highest BCUT2D eigenvalue weighted by molar-refractivity contribution is 5.95. The number of ether oxygens (including phenoxy) is 1. The number of carbonyl (C=O) groups is 1. The van der Waals surface area contributed by atoms with Crippen molar-refractivity contribution in [2.24, 2.45) is 0 Å². The molecule has 132 valence electrons. The lowest BCUT2D eigenvalue weighted by atomic mass is 10.1. The molecule has 3 aromatic rings. The highest BCUT2D eigenvalue weighted by atomic mass is 19.1. The number of halogens is 1. The van der Waals surface area contributed by atoms with Gasteiger partial charge in [-0.2, -0.15) is 0 Å². The van der Waals surface area contributed by atoms with Crippen LogP contribution in [-0.4, -0.2) is 17.7 Å². The molecule has 0 saturated heterocycles. The Bertz CT molecular complexity index is 897. The molecule has 0 aliphatic heterocycles. The van der Waals surface area contributed by atoms with E-state index in [4.69, 9.17) is 4.74 Å². The van der Waals surface area contributed by atoms with Crippen molar-refractivity contribution >= 4 is 17.3 Å². The first-order chi connectivity index (χ1) is 12.6. The molecule has 0 aromatic heterocycles. The lowest BCUT2D eigenvalue weighted by molar-refractivity contribution is 0.0698. The van der Waals surface area contributed by atoms with Crippen molar-refractivity contribution in [3.05, 3.63) is 89.7 Å². The predicted octanol–water partition coefficient (Wildman–Crippen LogP) is 4.89. The Morgan fingerprint density at radius 3 is 2.58 bits per heavy atom. The quantitative estimate of drug-likeness (QED) is 0.636. The van der Waals surface area contributed by atoms with Crippen LogP contribution in [0.2, 0.25) is 0 Å². The molecular formula is C21H18FNO3. The van der Waals surface area contributed by atoms with Crippen LogP contribution in [0.4, 0.5) is 15.8 Å². The van der Waals surface area contributed by atoms with E-state index in [-0.39, 0.29) is 11.3 Å². The highest BCUT2D eigenvalue weighted by Gasteiger charge is 2.11. The molecule has 3 rings (SSSR count). The second-order valence-corrected chi connectivity index (χ2v) is 5.73. The van der Waals surface area contributed by atoms with E-state index in [0.29, 0.717) is 18.0 Å². The van der Waals surface area contributed by atoms with Crippen LogP contribution in [0.1, 0.15) is 15.9 Å². The van der Waals surface area contributed by atoms with E-state index in [1.165, 1.54) is 11.6 Å². The summed E-state index contributed by atoms with van der Waals surface area (Å²) in [6, 6.07) is 20.7. The maximum atomic E-state index is 13.5. The van der Waals surface area contributed by atoms with Crippen LogP contribution in [0.15, 0.2) is 72.8 Å². The average Bonchev–Trinajstić information content (AvgIpc) is 2.63.